The largest absolute Gasteiger partial charge is 0.388 e. The second-order valence-electron chi connectivity index (χ2n) is 4.53. The molecule has 4 N–H and O–H groups in total. The molecule has 1 amide bonds. The molecular weight excluding hydrogens is 270 g/mol. The number of rotatable bonds is 3. The minimum Gasteiger partial charge on any atom is -0.388 e. The summed E-state index contributed by atoms with van der Waals surface area (Å²) in [7, 11) is 0. The SMILES string of the molecule is CCN=C1NC2C(OC(CNC(C)=O)C(O)C2O)S1. The monoisotopic (exact) mass is 289 g/mol. The summed E-state index contributed by atoms with van der Waals surface area (Å²) in [6.07, 6.45) is -2.60. The fourth-order valence-electron chi connectivity index (χ4n) is 2.11. The molecule has 5 atom stereocenters. The Morgan fingerprint density at radius 2 is 2.26 bits per heavy atom. The number of carbonyl (C=O) groups excluding carboxylic acids is 1. The summed E-state index contributed by atoms with van der Waals surface area (Å²) in [4.78, 5) is 15.1. The summed E-state index contributed by atoms with van der Waals surface area (Å²) in [5.41, 5.74) is -0.303. The molecule has 0 saturated carbocycles. The van der Waals surface area contributed by atoms with Crippen LogP contribution in [-0.2, 0) is 9.53 Å². The number of fused-ring (bicyclic) bond motifs is 1. The number of thioether (sulfide) groups is 1. The molecule has 0 aromatic rings. The zero-order chi connectivity index (χ0) is 14.0. The van der Waals surface area contributed by atoms with E-state index in [0.29, 0.717) is 11.7 Å². The van der Waals surface area contributed by atoms with Gasteiger partial charge in [0.05, 0.1) is 6.04 Å². The quantitative estimate of drug-likeness (QED) is 0.512. The molecule has 0 aliphatic carbocycles. The third-order valence-corrected chi connectivity index (χ3v) is 4.18. The normalized spacial score (nSPS) is 39.8. The molecule has 19 heavy (non-hydrogen) atoms. The molecule has 0 spiro atoms. The fraction of sp³-hybridized carbons (Fsp3) is 0.818. The van der Waals surface area contributed by atoms with Crippen molar-refractivity contribution in [1.82, 2.24) is 10.6 Å². The molecule has 2 rings (SSSR count). The van der Waals surface area contributed by atoms with Crippen molar-refractivity contribution in [2.75, 3.05) is 13.1 Å². The van der Waals surface area contributed by atoms with Crippen LogP contribution in [0.25, 0.3) is 0 Å². The van der Waals surface area contributed by atoms with Gasteiger partial charge in [-0.2, -0.15) is 0 Å². The molecule has 0 bridgehead atoms. The van der Waals surface area contributed by atoms with Gasteiger partial charge >= 0.3 is 0 Å². The predicted octanol–water partition coefficient (Wildman–Crippen LogP) is -1.35. The summed E-state index contributed by atoms with van der Waals surface area (Å²) in [6.45, 7) is 4.13. The lowest BCUT2D eigenvalue weighted by molar-refractivity contribution is -0.155. The van der Waals surface area contributed by atoms with E-state index in [4.69, 9.17) is 4.74 Å². The average Bonchev–Trinajstić information content (AvgIpc) is 2.75. The number of aliphatic hydroxyl groups is 2. The summed E-state index contributed by atoms with van der Waals surface area (Å²) in [5.74, 6) is -0.196. The number of hydrogen-bond donors (Lipinski definition) is 4. The average molecular weight is 289 g/mol. The number of amidine groups is 1. The first-order valence-electron chi connectivity index (χ1n) is 6.26. The lowest BCUT2D eigenvalue weighted by atomic mass is 9.98. The Morgan fingerprint density at radius 1 is 1.53 bits per heavy atom. The van der Waals surface area contributed by atoms with Gasteiger partial charge in [-0.05, 0) is 6.92 Å². The summed E-state index contributed by atoms with van der Waals surface area (Å²) in [6, 6.07) is -0.376. The van der Waals surface area contributed by atoms with Crippen LogP contribution in [0.1, 0.15) is 13.8 Å². The number of carbonyl (C=O) groups is 1. The van der Waals surface area contributed by atoms with E-state index in [1.54, 1.807) is 0 Å². The lowest BCUT2D eigenvalue weighted by Crippen LogP contribution is -2.60. The lowest BCUT2D eigenvalue weighted by Gasteiger charge is -2.38. The van der Waals surface area contributed by atoms with Gasteiger partial charge in [0.25, 0.3) is 0 Å². The Bertz CT molecular complexity index is 379. The highest BCUT2D eigenvalue weighted by Crippen LogP contribution is 2.33. The van der Waals surface area contributed by atoms with E-state index in [1.165, 1.54) is 18.7 Å². The summed E-state index contributed by atoms with van der Waals surface area (Å²) >= 11 is 1.40. The van der Waals surface area contributed by atoms with Crippen molar-refractivity contribution in [3.05, 3.63) is 0 Å². The van der Waals surface area contributed by atoms with Gasteiger partial charge in [0, 0.05) is 20.0 Å². The smallest absolute Gasteiger partial charge is 0.216 e. The summed E-state index contributed by atoms with van der Waals surface area (Å²) in [5, 5.41) is 26.4. The van der Waals surface area contributed by atoms with E-state index < -0.39 is 18.3 Å². The molecule has 2 fully saturated rings. The Balaban J connectivity index is 2.01. The number of ether oxygens (including phenoxy) is 1. The van der Waals surface area contributed by atoms with Crippen LogP contribution >= 0.6 is 11.8 Å². The maximum atomic E-state index is 10.9. The Morgan fingerprint density at radius 3 is 2.89 bits per heavy atom. The van der Waals surface area contributed by atoms with E-state index in [0.717, 1.165) is 0 Å². The number of nitrogens with one attached hydrogen (secondary N) is 2. The maximum Gasteiger partial charge on any atom is 0.216 e. The van der Waals surface area contributed by atoms with Crippen LogP contribution in [-0.4, -0.2) is 64.2 Å². The fourth-order valence-corrected chi connectivity index (χ4v) is 3.31. The molecule has 2 saturated heterocycles. The van der Waals surface area contributed by atoms with Crippen molar-refractivity contribution in [2.45, 2.75) is 43.6 Å². The van der Waals surface area contributed by atoms with Crippen LogP contribution in [0, 0.1) is 0 Å². The van der Waals surface area contributed by atoms with Crippen molar-refractivity contribution < 1.29 is 19.7 Å². The van der Waals surface area contributed by atoms with Crippen molar-refractivity contribution in [1.29, 1.82) is 0 Å². The van der Waals surface area contributed by atoms with E-state index in [-0.39, 0.29) is 23.9 Å². The second kappa shape index (κ2) is 6.08. The van der Waals surface area contributed by atoms with E-state index >= 15 is 0 Å². The summed E-state index contributed by atoms with van der Waals surface area (Å²) < 4.78 is 5.71. The topological polar surface area (TPSA) is 103 Å². The molecule has 8 heteroatoms. The van der Waals surface area contributed by atoms with Crippen LogP contribution in [0.4, 0.5) is 0 Å². The number of hydrogen-bond acceptors (Lipinski definition) is 6. The Hall–Kier alpha value is -0.830. The number of amides is 1. The zero-order valence-electron chi connectivity index (χ0n) is 10.9. The highest BCUT2D eigenvalue weighted by atomic mass is 32.2. The Kier molecular flexibility index (Phi) is 4.67. The van der Waals surface area contributed by atoms with Crippen molar-refractivity contribution in [3.8, 4) is 0 Å². The molecule has 2 aliphatic rings. The first-order chi connectivity index (χ1) is 9.02. The van der Waals surface area contributed by atoms with Gasteiger partial charge < -0.3 is 25.6 Å². The highest BCUT2D eigenvalue weighted by Gasteiger charge is 2.48. The van der Waals surface area contributed by atoms with Crippen LogP contribution in [0.5, 0.6) is 0 Å². The molecule has 5 unspecified atom stereocenters. The zero-order valence-corrected chi connectivity index (χ0v) is 11.7. The van der Waals surface area contributed by atoms with Crippen LogP contribution in [0.2, 0.25) is 0 Å². The van der Waals surface area contributed by atoms with Gasteiger partial charge in [0.1, 0.15) is 23.7 Å². The van der Waals surface area contributed by atoms with Crippen LogP contribution < -0.4 is 10.6 Å². The first kappa shape index (κ1) is 14.6. The van der Waals surface area contributed by atoms with E-state index in [2.05, 4.69) is 15.6 Å². The molecule has 2 heterocycles. The van der Waals surface area contributed by atoms with Crippen LogP contribution in [0.3, 0.4) is 0 Å². The van der Waals surface area contributed by atoms with Crippen molar-refractivity contribution >= 4 is 22.8 Å². The van der Waals surface area contributed by atoms with E-state index in [1.807, 2.05) is 6.92 Å². The number of aliphatic hydroxyl groups excluding tert-OH is 2. The molecule has 0 aromatic heterocycles. The first-order valence-corrected chi connectivity index (χ1v) is 7.14. The minimum atomic E-state index is -1.04. The van der Waals surface area contributed by atoms with Crippen LogP contribution in [0.15, 0.2) is 4.99 Å². The number of nitrogens with zero attached hydrogens (tertiary/aromatic N) is 1. The van der Waals surface area contributed by atoms with Gasteiger partial charge in [0.15, 0.2) is 5.17 Å². The molecule has 108 valence electrons. The third-order valence-electron chi connectivity index (χ3n) is 3.07. The van der Waals surface area contributed by atoms with Gasteiger partial charge in [-0.25, -0.2) is 0 Å². The van der Waals surface area contributed by atoms with Gasteiger partial charge in [0.2, 0.25) is 5.91 Å². The highest BCUT2D eigenvalue weighted by molar-refractivity contribution is 8.14. The van der Waals surface area contributed by atoms with E-state index in [9.17, 15) is 15.0 Å². The molecule has 0 radical (unpaired) electrons. The molecule has 2 aliphatic heterocycles. The van der Waals surface area contributed by atoms with Gasteiger partial charge in [-0.1, -0.05) is 11.8 Å². The standard InChI is InChI=1S/C11H19N3O4S/c1-3-12-11-14-7-9(17)8(16)6(4-13-5(2)15)18-10(7)19-11/h6-10,16-17H,3-4H2,1-2H3,(H,12,14)(H,13,15). The Labute approximate surface area is 115 Å². The molecule has 0 aromatic carbocycles. The maximum absolute atomic E-state index is 10.9. The predicted molar refractivity (Wildman–Crippen MR) is 71.8 cm³/mol. The third kappa shape index (κ3) is 3.19. The molecule has 7 nitrogen and oxygen atoms in total. The van der Waals surface area contributed by atoms with Crippen molar-refractivity contribution in [3.63, 3.8) is 0 Å². The second-order valence-corrected chi connectivity index (χ2v) is 5.62. The van der Waals surface area contributed by atoms with Gasteiger partial charge in [-0.15, -0.1) is 0 Å². The molecular formula is C11H19N3O4S. The van der Waals surface area contributed by atoms with Crippen molar-refractivity contribution in [2.24, 2.45) is 4.99 Å². The minimum absolute atomic E-state index is 0.178. The number of aliphatic imine (C=N–C) groups is 1. The van der Waals surface area contributed by atoms with Gasteiger partial charge in [-0.3, -0.25) is 9.79 Å².